The van der Waals surface area contributed by atoms with E-state index in [0.717, 1.165) is 63.9 Å². The van der Waals surface area contributed by atoms with Gasteiger partial charge in [-0.3, -0.25) is 9.58 Å². The Bertz CT molecular complexity index is 1010. The van der Waals surface area contributed by atoms with Gasteiger partial charge in [-0.15, -0.1) is 0 Å². The minimum Gasteiger partial charge on any atom is -0.444 e. The van der Waals surface area contributed by atoms with E-state index in [9.17, 15) is 4.79 Å². The van der Waals surface area contributed by atoms with E-state index in [-0.39, 0.29) is 22.6 Å². The lowest BCUT2D eigenvalue weighted by atomic mass is 9.61. The van der Waals surface area contributed by atoms with Crippen LogP contribution in [-0.2, 0) is 9.47 Å². The molecule has 1 amide bonds. The molecule has 8 nitrogen and oxygen atoms in total. The zero-order valence-electron chi connectivity index (χ0n) is 23.9. The van der Waals surface area contributed by atoms with Crippen LogP contribution in [0.4, 0.5) is 10.6 Å². The summed E-state index contributed by atoms with van der Waals surface area (Å²) in [5.74, 6) is 1.87. The van der Waals surface area contributed by atoms with E-state index < -0.39 is 5.60 Å². The van der Waals surface area contributed by atoms with Crippen molar-refractivity contribution >= 4 is 11.9 Å². The fourth-order valence-electron chi connectivity index (χ4n) is 7.94. The van der Waals surface area contributed by atoms with Crippen LogP contribution in [0.15, 0.2) is 6.07 Å². The van der Waals surface area contributed by atoms with E-state index in [1.807, 2.05) is 25.7 Å². The van der Waals surface area contributed by atoms with Crippen molar-refractivity contribution in [2.45, 2.75) is 103 Å². The third kappa shape index (κ3) is 4.77. The maximum absolute atomic E-state index is 12.3. The molecule has 1 aliphatic carbocycles. The molecule has 5 heterocycles. The van der Waals surface area contributed by atoms with Crippen LogP contribution in [0.5, 0.6) is 0 Å². The second kappa shape index (κ2) is 8.60. The monoisotopic (exact) mass is 513 g/mol. The van der Waals surface area contributed by atoms with Crippen molar-refractivity contribution < 1.29 is 14.3 Å². The molecule has 1 saturated carbocycles. The van der Waals surface area contributed by atoms with Crippen molar-refractivity contribution in [2.24, 2.45) is 11.3 Å². The number of anilines is 1. The van der Waals surface area contributed by atoms with Crippen LogP contribution >= 0.6 is 0 Å². The Morgan fingerprint density at radius 2 is 1.89 bits per heavy atom. The highest BCUT2D eigenvalue weighted by molar-refractivity contribution is 5.69. The van der Waals surface area contributed by atoms with E-state index in [4.69, 9.17) is 14.6 Å². The number of hydrogen-bond donors (Lipinski definition) is 0. The topological polar surface area (TPSA) is 63.1 Å². The number of ether oxygens (including phenoxy) is 2. The third-order valence-electron chi connectivity index (χ3n) is 9.58. The summed E-state index contributed by atoms with van der Waals surface area (Å²) in [4.78, 5) is 19.4. The molecule has 4 saturated heterocycles. The highest BCUT2D eigenvalue weighted by atomic mass is 16.6. The molecular weight excluding hydrogens is 466 g/mol. The van der Waals surface area contributed by atoms with Crippen molar-refractivity contribution in [1.82, 2.24) is 19.6 Å². The Balaban J connectivity index is 1.01. The van der Waals surface area contributed by atoms with Crippen LogP contribution in [0.25, 0.3) is 0 Å². The number of hydrogen-bond acceptors (Lipinski definition) is 6. The molecular formula is C29H47N5O3. The maximum Gasteiger partial charge on any atom is 0.410 e. The number of aryl methyl sites for hydroxylation is 1. The van der Waals surface area contributed by atoms with E-state index in [1.54, 1.807) is 0 Å². The number of nitrogens with zero attached hydrogens (tertiary/aromatic N) is 5. The van der Waals surface area contributed by atoms with Crippen molar-refractivity contribution in [3.63, 3.8) is 0 Å². The standard InChI is InChI=1S/C29H47N5O3/c1-21-12-24(30-34(21)23-14-28(15-23)17-32(18-28)25(35)37-26(2,3)4)33-10-8-22(13-27(33,5)6)16-31-19-29(20-31)9-7-11-36-29/h12,22-23H,7-11,13-20H2,1-6H3/t22-/m0/s1. The Kier molecular flexibility index (Phi) is 5.92. The molecule has 5 aliphatic rings. The van der Waals surface area contributed by atoms with Crippen LogP contribution in [-0.4, -0.2) is 88.3 Å². The number of aromatic nitrogens is 2. The first kappa shape index (κ1) is 25.5. The van der Waals surface area contributed by atoms with Crippen LogP contribution in [0, 0.1) is 18.3 Å². The molecule has 8 heteroatoms. The van der Waals surface area contributed by atoms with Gasteiger partial charge in [0, 0.05) is 68.6 Å². The van der Waals surface area contributed by atoms with Crippen molar-refractivity contribution in [2.75, 3.05) is 50.8 Å². The summed E-state index contributed by atoms with van der Waals surface area (Å²) in [6.45, 7) is 19.9. The molecule has 0 N–H and O–H groups in total. The van der Waals surface area contributed by atoms with Crippen LogP contribution in [0.3, 0.4) is 0 Å². The smallest absolute Gasteiger partial charge is 0.410 e. The predicted octanol–water partition coefficient (Wildman–Crippen LogP) is 4.62. The molecule has 37 heavy (non-hydrogen) atoms. The van der Waals surface area contributed by atoms with Gasteiger partial charge in [-0.25, -0.2) is 4.79 Å². The average Bonchev–Trinajstić information content (AvgIpc) is 3.31. The Hall–Kier alpha value is -1.80. The number of piperidine rings is 1. The lowest BCUT2D eigenvalue weighted by Crippen LogP contribution is -2.64. The van der Waals surface area contributed by atoms with Gasteiger partial charge in [-0.1, -0.05) is 0 Å². The number of carbonyl (C=O) groups excluding carboxylic acids is 1. The van der Waals surface area contributed by atoms with Crippen molar-refractivity contribution in [3.8, 4) is 0 Å². The van der Waals surface area contributed by atoms with Gasteiger partial charge in [-0.05, 0) is 86.0 Å². The normalized spacial score (nSPS) is 28.8. The van der Waals surface area contributed by atoms with Crippen LogP contribution in [0.2, 0.25) is 0 Å². The van der Waals surface area contributed by atoms with Crippen molar-refractivity contribution in [3.05, 3.63) is 11.8 Å². The third-order valence-corrected chi connectivity index (χ3v) is 9.58. The van der Waals surface area contributed by atoms with Gasteiger partial charge in [0.15, 0.2) is 5.82 Å². The van der Waals surface area contributed by atoms with Gasteiger partial charge < -0.3 is 19.3 Å². The van der Waals surface area contributed by atoms with Crippen LogP contribution in [0.1, 0.15) is 84.9 Å². The zero-order valence-corrected chi connectivity index (χ0v) is 23.9. The summed E-state index contributed by atoms with van der Waals surface area (Å²) in [6, 6.07) is 2.73. The molecule has 2 spiro atoms. The molecule has 0 radical (unpaired) electrons. The minimum absolute atomic E-state index is 0.101. The van der Waals surface area contributed by atoms with E-state index in [0.29, 0.717) is 6.04 Å². The number of amides is 1. The summed E-state index contributed by atoms with van der Waals surface area (Å²) in [7, 11) is 0. The van der Waals surface area contributed by atoms with Gasteiger partial charge in [-0.2, -0.15) is 5.10 Å². The first-order valence-corrected chi connectivity index (χ1v) is 14.5. The first-order chi connectivity index (χ1) is 17.3. The second-order valence-corrected chi connectivity index (χ2v) is 14.6. The largest absolute Gasteiger partial charge is 0.444 e. The van der Waals surface area contributed by atoms with E-state index >= 15 is 0 Å². The molecule has 0 bridgehead atoms. The second-order valence-electron chi connectivity index (χ2n) is 14.6. The molecule has 1 aromatic rings. The zero-order chi connectivity index (χ0) is 26.2. The molecule has 4 aliphatic heterocycles. The average molecular weight is 514 g/mol. The molecule has 1 atom stereocenters. The molecule has 6 rings (SSSR count). The molecule has 0 unspecified atom stereocenters. The molecule has 206 valence electrons. The van der Waals surface area contributed by atoms with E-state index in [1.165, 1.54) is 37.9 Å². The molecule has 1 aromatic heterocycles. The first-order valence-electron chi connectivity index (χ1n) is 14.5. The van der Waals surface area contributed by atoms with Crippen LogP contribution < -0.4 is 4.90 Å². The Morgan fingerprint density at radius 3 is 2.51 bits per heavy atom. The summed E-state index contributed by atoms with van der Waals surface area (Å²) in [6.07, 6.45) is 6.94. The maximum atomic E-state index is 12.3. The number of rotatable bonds is 4. The molecule has 0 aromatic carbocycles. The Morgan fingerprint density at radius 1 is 1.16 bits per heavy atom. The summed E-state index contributed by atoms with van der Waals surface area (Å²) >= 11 is 0. The lowest BCUT2D eigenvalue weighted by Gasteiger charge is -2.58. The van der Waals surface area contributed by atoms with Gasteiger partial charge in [0.05, 0.1) is 11.6 Å². The predicted molar refractivity (Wildman–Crippen MR) is 144 cm³/mol. The SMILES string of the molecule is Cc1cc(N2CC[C@H](CN3CC4(CCCO4)C3)CC2(C)C)nn1C1CC2(C1)CN(C(=O)OC(C)(C)C)C2. The summed E-state index contributed by atoms with van der Waals surface area (Å²) < 4.78 is 13.8. The van der Waals surface area contributed by atoms with Gasteiger partial charge in [0.1, 0.15) is 5.60 Å². The summed E-state index contributed by atoms with van der Waals surface area (Å²) in [5.41, 5.74) is 1.38. The fourth-order valence-corrected chi connectivity index (χ4v) is 7.94. The summed E-state index contributed by atoms with van der Waals surface area (Å²) in [5, 5.41) is 5.15. The van der Waals surface area contributed by atoms with Gasteiger partial charge >= 0.3 is 6.09 Å². The van der Waals surface area contributed by atoms with Crippen molar-refractivity contribution in [1.29, 1.82) is 0 Å². The van der Waals surface area contributed by atoms with Gasteiger partial charge in [0.25, 0.3) is 0 Å². The molecule has 5 fully saturated rings. The number of likely N-dealkylation sites (tertiary alicyclic amines) is 2. The fraction of sp³-hybridized carbons (Fsp3) is 0.862. The Labute approximate surface area is 222 Å². The highest BCUT2D eigenvalue weighted by Gasteiger charge is 2.55. The quantitative estimate of drug-likeness (QED) is 0.585. The van der Waals surface area contributed by atoms with E-state index in [2.05, 4.69) is 41.3 Å². The number of carbonyl (C=O) groups is 1. The lowest BCUT2D eigenvalue weighted by molar-refractivity contribution is -0.116. The minimum atomic E-state index is -0.436. The van der Waals surface area contributed by atoms with Gasteiger partial charge in [0.2, 0.25) is 0 Å². The highest BCUT2D eigenvalue weighted by Crippen LogP contribution is 2.54.